The lowest BCUT2D eigenvalue weighted by molar-refractivity contribution is -0.118. The zero-order valence-electron chi connectivity index (χ0n) is 18.8. The second-order valence-electron chi connectivity index (χ2n) is 8.93. The Morgan fingerprint density at radius 1 is 1.03 bits per heavy atom. The van der Waals surface area contributed by atoms with Crippen molar-refractivity contribution in [2.75, 3.05) is 18.0 Å². The van der Waals surface area contributed by atoms with Gasteiger partial charge in [0.15, 0.2) is 0 Å². The van der Waals surface area contributed by atoms with Crippen LogP contribution in [0.5, 0.6) is 0 Å². The second kappa shape index (κ2) is 8.56. The van der Waals surface area contributed by atoms with Crippen molar-refractivity contribution in [3.05, 3.63) is 82.3 Å². The molecule has 1 aliphatic heterocycles. The lowest BCUT2D eigenvalue weighted by atomic mass is 9.82. The number of nitrogens with zero attached hydrogens (tertiary/aromatic N) is 3. The topological polar surface area (TPSA) is 36.4 Å². The molecule has 0 saturated carbocycles. The first-order valence-corrected chi connectivity index (χ1v) is 11.8. The number of anilines is 1. The molecule has 5 heteroatoms. The van der Waals surface area contributed by atoms with Crippen LogP contribution < -0.4 is 4.90 Å². The monoisotopic (exact) mass is 433 g/mol. The molecule has 31 heavy (non-hydrogen) atoms. The van der Waals surface area contributed by atoms with Gasteiger partial charge in [0.05, 0.1) is 0 Å². The van der Waals surface area contributed by atoms with Gasteiger partial charge in [-0.05, 0) is 51.3 Å². The summed E-state index contributed by atoms with van der Waals surface area (Å²) in [6.07, 6.45) is 1.70. The van der Waals surface area contributed by atoms with Crippen molar-refractivity contribution in [2.45, 2.75) is 51.6 Å². The van der Waals surface area contributed by atoms with Crippen LogP contribution in [-0.2, 0) is 15.9 Å². The van der Waals surface area contributed by atoms with E-state index in [1.54, 1.807) is 18.3 Å². The van der Waals surface area contributed by atoms with Crippen LogP contribution in [0.4, 0.5) is 5.69 Å². The van der Waals surface area contributed by atoms with Gasteiger partial charge in [-0.15, -0.1) is 11.3 Å². The van der Waals surface area contributed by atoms with Crippen molar-refractivity contribution in [3.63, 3.8) is 0 Å². The average Bonchev–Trinajstić information content (AvgIpc) is 3.22. The fourth-order valence-electron chi connectivity index (χ4n) is 4.87. The van der Waals surface area contributed by atoms with Gasteiger partial charge in [0.2, 0.25) is 5.91 Å². The molecular weight excluding hydrogens is 402 g/mol. The van der Waals surface area contributed by atoms with Gasteiger partial charge >= 0.3 is 0 Å². The number of rotatable bonds is 5. The summed E-state index contributed by atoms with van der Waals surface area (Å²) in [4.78, 5) is 22.4. The lowest BCUT2D eigenvalue weighted by Crippen LogP contribution is -2.58. The number of carbonyl (C=O) groups excluding carboxylic acids is 1. The number of carbonyl (C=O) groups is 1. The molecule has 0 spiro atoms. The van der Waals surface area contributed by atoms with Crippen LogP contribution in [0.1, 0.15) is 49.9 Å². The van der Waals surface area contributed by atoms with Gasteiger partial charge in [-0.3, -0.25) is 14.6 Å². The molecule has 3 aromatic rings. The molecule has 0 bridgehead atoms. The first-order chi connectivity index (χ1) is 14.8. The van der Waals surface area contributed by atoms with E-state index in [1.165, 1.54) is 5.56 Å². The van der Waals surface area contributed by atoms with Crippen LogP contribution >= 0.6 is 11.3 Å². The largest absolute Gasteiger partial charge is 0.300 e. The molecule has 4 nitrogen and oxygen atoms in total. The fourth-order valence-corrected chi connectivity index (χ4v) is 5.92. The van der Waals surface area contributed by atoms with Gasteiger partial charge in [-0.2, -0.15) is 0 Å². The van der Waals surface area contributed by atoms with Crippen LogP contribution in [0.2, 0.25) is 0 Å². The normalized spacial score (nSPS) is 16.8. The maximum absolute atomic E-state index is 13.0. The van der Waals surface area contributed by atoms with Crippen molar-refractivity contribution in [1.82, 2.24) is 9.88 Å². The lowest BCUT2D eigenvalue weighted by Gasteiger charge is -2.51. The van der Waals surface area contributed by atoms with E-state index in [2.05, 4.69) is 54.5 Å². The Labute approximate surface area is 189 Å². The summed E-state index contributed by atoms with van der Waals surface area (Å²) in [5.41, 5.74) is 2.79. The van der Waals surface area contributed by atoms with Gasteiger partial charge in [0.25, 0.3) is 0 Å². The van der Waals surface area contributed by atoms with Crippen LogP contribution in [0.25, 0.3) is 0 Å². The van der Waals surface area contributed by atoms with Crippen molar-refractivity contribution in [1.29, 1.82) is 0 Å². The molecule has 1 aliphatic rings. The van der Waals surface area contributed by atoms with E-state index in [0.717, 1.165) is 42.3 Å². The maximum Gasteiger partial charge on any atom is 0.224 e. The fraction of sp³-hybridized carbons (Fsp3) is 0.385. The quantitative estimate of drug-likeness (QED) is 0.515. The molecule has 1 saturated heterocycles. The number of hydrogen-bond acceptors (Lipinski definition) is 4. The molecule has 4 rings (SSSR count). The molecule has 0 N–H and O–H groups in total. The third-order valence-corrected chi connectivity index (χ3v) is 7.79. The minimum atomic E-state index is -0.421. The van der Waals surface area contributed by atoms with E-state index < -0.39 is 5.54 Å². The minimum Gasteiger partial charge on any atom is -0.300 e. The highest BCUT2D eigenvalue weighted by Gasteiger charge is 2.47. The number of hydrogen-bond donors (Lipinski definition) is 0. The first kappa shape index (κ1) is 21.7. The van der Waals surface area contributed by atoms with Crippen LogP contribution in [-0.4, -0.2) is 28.9 Å². The molecular formula is C26H31N3OS. The number of aromatic nitrogens is 1. The molecule has 0 radical (unpaired) electrons. The molecule has 2 heterocycles. The Morgan fingerprint density at radius 2 is 1.61 bits per heavy atom. The van der Waals surface area contributed by atoms with Crippen LogP contribution in [0, 0.1) is 6.92 Å². The summed E-state index contributed by atoms with van der Waals surface area (Å²) in [7, 11) is 0. The van der Waals surface area contributed by atoms with Gasteiger partial charge < -0.3 is 0 Å². The van der Waals surface area contributed by atoms with Crippen LogP contribution in [0.3, 0.4) is 0 Å². The molecule has 2 aromatic carbocycles. The molecule has 1 amide bonds. The molecule has 162 valence electrons. The Kier molecular flexibility index (Phi) is 6.00. The summed E-state index contributed by atoms with van der Waals surface area (Å²) >= 11 is 1.68. The highest BCUT2D eigenvalue weighted by molar-refractivity contribution is 7.09. The first-order valence-electron chi connectivity index (χ1n) is 10.9. The standard InChI is InChI=1S/C26H31N3OS/c1-20-19-31-24(27-20)26(29(21(2)30)23-13-9-6-10-14-23)15-17-28(18-16-26)25(3,4)22-11-7-5-8-12-22/h5-14,19H,15-18H2,1-4H3. The van der Waals surface area contributed by atoms with Crippen molar-refractivity contribution >= 4 is 22.9 Å². The highest BCUT2D eigenvalue weighted by Crippen LogP contribution is 2.45. The SMILES string of the molecule is CC(=O)N(c1ccccc1)C1(c2nc(C)cs2)CCN(C(C)(C)c2ccccc2)CC1. The van der Waals surface area contributed by atoms with E-state index in [0.29, 0.717) is 0 Å². The van der Waals surface area contributed by atoms with Crippen molar-refractivity contribution < 1.29 is 4.79 Å². The van der Waals surface area contributed by atoms with Gasteiger partial charge in [-0.1, -0.05) is 48.5 Å². The van der Waals surface area contributed by atoms with Crippen molar-refractivity contribution in [2.24, 2.45) is 0 Å². The molecule has 0 unspecified atom stereocenters. The number of likely N-dealkylation sites (tertiary alicyclic amines) is 1. The van der Waals surface area contributed by atoms with Gasteiger partial charge in [-0.25, -0.2) is 4.98 Å². The summed E-state index contributed by atoms with van der Waals surface area (Å²) in [5, 5.41) is 3.14. The summed E-state index contributed by atoms with van der Waals surface area (Å²) in [5.74, 6) is 0.0647. The van der Waals surface area contributed by atoms with E-state index in [4.69, 9.17) is 4.98 Å². The highest BCUT2D eigenvalue weighted by atomic mass is 32.1. The van der Waals surface area contributed by atoms with E-state index in [-0.39, 0.29) is 11.4 Å². The van der Waals surface area contributed by atoms with E-state index >= 15 is 0 Å². The molecule has 1 aromatic heterocycles. The molecule has 0 atom stereocenters. The van der Waals surface area contributed by atoms with Crippen molar-refractivity contribution in [3.8, 4) is 0 Å². The molecule has 1 fully saturated rings. The Morgan fingerprint density at radius 3 is 2.13 bits per heavy atom. The van der Waals surface area contributed by atoms with E-state index in [1.807, 2.05) is 42.2 Å². The maximum atomic E-state index is 13.0. The zero-order chi connectivity index (χ0) is 22.1. The minimum absolute atomic E-state index is 0.0647. The van der Waals surface area contributed by atoms with Gasteiger partial charge in [0, 0.05) is 42.3 Å². The third-order valence-electron chi connectivity index (χ3n) is 6.64. The number of thiazole rings is 1. The predicted octanol–water partition coefficient (Wildman–Crippen LogP) is 5.73. The molecule has 0 aliphatic carbocycles. The summed E-state index contributed by atoms with van der Waals surface area (Å²) < 4.78 is 0. The average molecular weight is 434 g/mol. The smallest absolute Gasteiger partial charge is 0.224 e. The summed E-state index contributed by atoms with van der Waals surface area (Å²) in [6.45, 7) is 10.1. The Balaban J connectivity index is 1.71. The number of benzene rings is 2. The number of aryl methyl sites for hydroxylation is 1. The Bertz CT molecular complexity index is 1020. The summed E-state index contributed by atoms with van der Waals surface area (Å²) in [6, 6.07) is 20.7. The third kappa shape index (κ3) is 4.04. The van der Waals surface area contributed by atoms with Crippen LogP contribution in [0.15, 0.2) is 66.0 Å². The predicted molar refractivity (Wildman–Crippen MR) is 128 cm³/mol. The second-order valence-corrected chi connectivity index (χ2v) is 9.79. The zero-order valence-corrected chi connectivity index (χ0v) is 19.7. The number of amides is 1. The number of para-hydroxylation sites is 1. The number of piperidine rings is 1. The van der Waals surface area contributed by atoms with Gasteiger partial charge in [0.1, 0.15) is 10.5 Å². The van der Waals surface area contributed by atoms with E-state index in [9.17, 15) is 4.79 Å². The Hall–Kier alpha value is -2.50.